The van der Waals surface area contributed by atoms with Crippen molar-refractivity contribution in [3.63, 3.8) is 0 Å². The van der Waals surface area contributed by atoms with Crippen molar-refractivity contribution in [1.29, 1.82) is 0 Å². The second-order valence-electron chi connectivity index (χ2n) is 11.4. The molecule has 2 aliphatic heterocycles. The third-order valence-electron chi connectivity index (χ3n) is 8.66. The maximum Gasteiger partial charge on any atom is 0.260 e. The van der Waals surface area contributed by atoms with Crippen LogP contribution < -0.4 is 5.32 Å². The highest BCUT2D eigenvalue weighted by atomic mass is 35.5. The van der Waals surface area contributed by atoms with Crippen molar-refractivity contribution < 1.29 is 9.59 Å². The second kappa shape index (κ2) is 14.1. The first-order chi connectivity index (χ1) is 19.5. The van der Waals surface area contributed by atoms with Crippen LogP contribution in [0.5, 0.6) is 0 Å². The van der Waals surface area contributed by atoms with Gasteiger partial charge in [0.2, 0.25) is 0 Å². The molecular weight excluding hydrogens is 538 g/mol. The summed E-state index contributed by atoms with van der Waals surface area (Å²) in [5, 5.41) is 4.20. The van der Waals surface area contributed by atoms with Gasteiger partial charge in [0.25, 0.3) is 11.8 Å². The number of fused-ring (bicyclic) bond motifs is 1. The Kier molecular flexibility index (Phi) is 10.3. The highest BCUT2D eigenvalue weighted by molar-refractivity contribution is 8.04. The predicted octanol–water partition coefficient (Wildman–Crippen LogP) is 7.15. The number of likely N-dealkylation sites (tertiary alicyclic amines) is 1. The molecule has 0 spiro atoms. The number of benzene rings is 2. The van der Waals surface area contributed by atoms with Gasteiger partial charge in [-0.15, -0.1) is 11.8 Å². The highest BCUT2D eigenvalue weighted by Gasteiger charge is 2.40. The van der Waals surface area contributed by atoms with Crippen LogP contribution in [0.2, 0.25) is 5.02 Å². The summed E-state index contributed by atoms with van der Waals surface area (Å²) in [4.78, 5) is 31.9. The summed E-state index contributed by atoms with van der Waals surface area (Å²) in [6, 6.07) is 16.4. The number of halogens is 1. The van der Waals surface area contributed by atoms with Crippen molar-refractivity contribution >= 4 is 41.3 Å². The molecule has 2 heterocycles. The summed E-state index contributed by atoms with van der Waals surface area (Å²) in [5.41, 5.74) is 2.66. The second-order valence-corrected chi connectivity index (χ2v) is 13.1. The third-order valence-corrected chi connectivity index (χ3v) is 10.3. The number of amides is 2. The van der Waals surface area contributed by atoms with Gasteiger partial charge in [-0.1, -0.05) is 62.1 Å². The number of carbonyl (C=O) groups is 2. The lowest BCUT2D eigenvalue weighted by Gasteiger charge is -2.44. The fraction of sp³-hybridized carbons (Fsp3) is 0.515. The molecule has 1 N–H and O–H groups in total. The molecule has 1 saturated carbocycles. The summed E-state index contributed by atoms with van der Waals surface area (Å²) >= 11 is 7.97. The first kappa shape index (κ1) is 29.2. The molecule has 0 radical (unpaired) electrons. The minimum absolute atomic E-state index is 0.0363. The summed E-state index contributed by atoms with van der Waals surface area (Å²) in [6.07, 6.45) is 12.7. The Morgan fingerprint density at radius 3 is 2.67 bits per heavy atom. The number of piperidine rings is 1. The molecule has 0 aromatic heterocycles. The molecule has 5 rings (SSSR count). The summed E-state index contributed by atoms with van der Waals surface area (Å²) in [7, 11) is 0. The Morgan fingerprint density at radius 1 is 1.07 bits per heavy atom. The molecule has 2 aromatic rings. The van der Waals surface area contributed by atoms with Gasteiger partial charge >= 0.3 is 0 Å². The van der Waals surface area contributed by atoms with Crippen LogP contribution in [0.15, 0.2) is 53.4 Å². The van der Waals surface area contributed by atoms with E-state index in [0.717, 1.165) is 41.8 Å². The normalized spacial score (nSPS) is 24.6. The SMILES string of the molecule is CCC1CCCCN1CCCNC(=O)c1ccc(/C=C2/SC3CCCCC3N(Cc3cccc(Cl)c3)C2=O)cc1. The molecular formula is C33H42ClN3O2S. The maximum absolute atomic E-state index is 13.7. The number of carbonyl (C=O) groups excluding carboxylic acids is 2. The average molecular weight is 580 g/mol. The standard InChI is InChI=1S/C33H42ClN3O2S/c1-2-28-11-5-6-19-36(28)20-8-18-35-32(38)26-16-14-24(15-17-26)22-31-33(39)37(23-25-9-7-10-27(34)21-25)29-12-3-4-13-30(29)40-31/h7,9-10,14-17,21-22,28-30H,2-6,8,11-13,18-20,23H2,1H3,(H,35,38)/b31-22+. The van der Waals surface area contributed by atoms with Gasteiger partial charge in [-0.3, -0.25) is 9.59 Å². The number of thioether (sulfide) groups is 1. The summed E-state index contributed by atoms with van der Waals surface area (Å²) in [5.74, 6) is 0.0553. The Labute approximate surface area is 248 Å². The van der Waals surface area contributed by atoms with E-state index in [0.29, 0.717) is 35.0 Å². The van der Waals surface area contributed by atoms with Crippen molar-refractivity contribution in [1.82, 2.24) is 15.1 Å². The highest BCUT2D eigenvalue weighted by Crippen LogP contribution is 2.42. The van der Waals surface area contributed by atoms with Crippen molar-refractivity contribution in [2.45, 2.75) is 88.6 Å². The molecule has 214 valence electrons. The quantitative estimate of drug-likeness (QED) is 0.253. The molecule has 3 fully saturated rings. The lowest BCUT2D eigenvalue weighted by Crippen LogP contribution is -2.50. The molecule has 0 bridgehead atoms. The van der Waals surface area contributed by atoms with E-state index in [1.54, 1.807) is 11.8 Å². The molecule has 3 unspecified atom stereocenters. The summed E-state index contributed by atoms with van der Waals surface area (Å²) in [6.45, 7) is 5.77. The van der Waals surface area contributed by atoms with E-state index in [2.05, 4.69) is 22.0 Å². The number of hydrogen-bond acceptors (Lipinski definition) is 4. The van der Waals surface area contributed by atoms with Gasteiger partial charge in [-0.25, -0.2) is 0 Å². The van der Waals surface area contributed by atoms with Crippen molar-refractivity contribution in [3.05, 3.63) is 75.1 Å². The fourth-order valence-electron chi connectivity index (χ4n) is 6.48. The van der Waals surface area contributed by atoms with Crippen LogP contribution in [0.4, 0.5) is 0 Å². The van der Waals surface area contributed by atoms with Gasteiger partial charge in [-0.2, -0.15) is 0 Å². The van der Waals surface area contributed by atoms with Crippen LogP contribution in [0.1, 0.15) is 86.2 Å². The number of nitrogens with zero attached hydrogens (tertiary/aromatic N) is 2. The zero-order valence-electron chi connectivity index (χ0n) is 23.6. The van der Waals surface area contributed by atoms with Gasteiger partial charge in [-0.05, 0) is 86.5 Å². The van der Waals surface area contributed by atoms with Crippen LogP contribution in [-0.2, 0) is 11.3 Å². The maximum atomic E-state index is 13.7. The van der Waals surface area contributed by atoms with Crippen LogP contribution >= 0.6 is 23.4 Å². The molecule has 1 aliphatic carbocycles. The van der Waals surface area contributed by atoms with E-state index in [1.165, 1.54) is 45.1 Å². The zero-order valence-corrected chi connectivity index (χ0v) is 25.2. The van der Waals surface area contributed by atoms with E-state index in [1.807, 2.05) is 54.6 Å². The Bertz CT molecular complexity index is 1200. The van der Waals surface area contributed by atoms with Crippen LogP contribution in [0, 0.1) is 0 Å². The fourth-order valence-corrected chi connectivity index (χ4v) is 8.16. The average Bonchev–Trinajstić information content (AvgIpc) is 2.98. The zero-order chi connectivity index (χ0) is 27.9. The monoisotopic (exact) mass is 579 g/mol. The molecule has 3 aliphatic rings. The van der Waals surface area contributed by atoms with Gasteiger partial charge < -0.3 is 15.1 Å². The summed E-state index contributed by atoms with van der Waals surface area (Å²) < 4.78 is 0. The lowest BCUT2D eigenvalue weighted by molar-refractivity contribution is -0.130. The Morgan fingerprint density at radius 2 is 1.88 bits per heavy atom. The molecule has 2 saturated heterocycles. The number of nitrogens with one attached hydrogen (secondary N) is 1. The van der Waals surface area contributed by atoms with Gasteiger partial charge in [0, 0.05) is 47.6 Å². The van der Waals surface area contributed by atoms with E-state index in [9.17, 15) is 9.59 Å². The van der Waals surface area contributed by atoms with Crippen LogP contribution in [-0.4, -0.2) is 58.6 Å². The first-order valence-electron chi connectivity index (χ1n) is 15.1. The first-order valence-corrected chi connectivity index (χ1v) is 16.3. The smallest absolute Gasteiger partial charge is 0.260 e. The van der Waals surface area contributed by atoms with Crippen LogP contribution in [0.25, 0.3) is 6.08 Å². The van der Waals surface area contributed by atoms with Gasteiger partial charge in [0.15, 0.2) is 0 Å². The van der Waals surface area contributed by atoms with E-state index >= 15 is 0 Å². The van der Waals surface area contributed by atoms with E-state index < -0.39 is 0 Å². The van der Waals surface area contributed by atoms with Crippen molar-refractivity contribution in [2.24, 2.45) is 0 Å². The Hall–Kier alpha value is -2.28. The molecule has 7 heteroatoms. The number of rotatable bonds is 9. The molecule has 5 nitrogen and oxygen atoms in total. The third kappa shape index (κ3) is 7.32. The van der Waals surface area contributed by atoms with Gasteiger partial charge in [0.05, 0.1) is 4.91 Å². The molecule has 40 heavy (non-hydrogen) atoms. The van der Waals surface area contributed by atoms with E-state index in [4.69, 9.17) is 11.6 Å². The van der Waals surface area contributed by atoms with Crippen LogP contribution in [0.3, 0.4) is 0 Å². The molecule has 3 atom stereocenters. The van der Waals surface area contributed by atoms with Crippen molar-refractivity contribution in [3.8, 4) is 0 Å². The van der Waals surface area contributed by atoms with Crippen molar-refractivity contribution in [2.75, 3.05) is 19.6 Å². The van der Waals surface area contributed by atoms with Gasteiger partial charge in [0.1, 0.15) is 0 Å². The van der Waals surface area contributed by atoms with E-state index in [-0.39, 0.29) is 17.9 Å². The predicted molar refractivity (Wildman–Crippen MR) is 167 cm³/mol. The topological polar surface area (TPSA) is 52.7 Å². The Balaban J connectivity index is 1.19. The molecule has 2 aromatic carbocycles. The minimum atomic E-state index is -0.0363. The lowest BCUT2D eigenvalue weighted by atomic mass is 9.92. The largest absolute Gasteiger partial charge is 0.352 e. The minimum Gasteiger partial charge on any atom is -0.352 e. The molecule has 2 amide bonds. The number of hydrogen-bond donors (Lipinski definition) is 1.